The number of hydrogen-bond acceptors (Lipinski definition) is 5. The third kappa shape index (κ3) is 5.01. The lowest BCUT2D eigenvalue weighted by Crippen LogP contribution is -2.52. The van der Waals surface area contributed by atoms with Crippen LogP contribution in [0.4, 0.5) is 21.9 Å². The highest BCUT2D eigenvalue weighted by atomic mass is 16.6. The highest BCUT2D eigenvalue weighted by Crippen LogP contribution is 2.40. The van der Waals surface area contributed by atoms with Crippen LogP contribution in [0.2, 0.25) is 0 Å². The lowest BCUT2D eigenvalue weighted by Gasteiger charge is -2.41. The molecule has 7 heteroatoms. The van der Waals surface area contributed by atoms with Gasteiger partial charge in [0, 0.05) is 32.2 Å². The topological polar surface area (TPSA) is 62.3 Å². The Morgan fingerprint density at radius 1 is 0.914 bits per heavy atom. The Morgan fingerprint density at radius 2 is 1.60 bits per heavy atom. The van der Waals surface area contributed by atoms with Gasteiger partial charge < -0.3 is 19.3 Å². The number of rotatable bonds is 3. The zero-order valence-corrected chi connectivity index (χ0v) is 20.7. The third-order valence-corrected chi connectivity index (χ3v) is 7.37. The number of ether oxygens (including phenoxy) is 2. The first-order valence-corrected chi connectivity index (χ1v) is 12.9. The van der Waals surface area contributed by atoms with Crippen molar-refractivity contribution >= 4 is 29.1 Å². The maximum Gasteiger partial charge on any atom is 0.414 e. The van der Waals surface area contributed by atoms with Crippen LogP contribution in [0.25, 0.3) is 11.1 Å². The Hall–Kier alpha value is -3.06. The van der Waals surface area contributed by atoms with Gasteiger partial charge in [-0.1, -0.05) is 24.6 Å². The second-order valence-corrected chi connectivity index (χ2v) is 9.84. The molecule has 2 aromatic carbocycles. The molecule has 1 aliphatic carbocycles. The minimum atomic E-state index is -0.312. The second-order valence-electron chi connectivity index (χ2n) is 9.84. The monoisotopic (exact) mass is 477 g/mol. The van der Waals surface area contributed by atoms with Gasteiger partial charge >= 0.3 is 6.09 Å². The van der Waals surface area contributed by atoms with Crippen LogP contribution >= 0.6 is 0 Å². The van der Waals surface area contributed by atoms with Crippen LogP contribution in [0, 0.1) is 0 Å². The average molecular weight is 478 g/mol. The number of amides is 2. The van der Waals surface area contributed by atoms with Crippen molar-refractivity contribution in [3.8, 4) is 11.1 Å². The van der Waals surface area contributed by atoms with Crippen LogP contribution < -0.4 is 14.7 Å². The lowest BCUT2D eigenvalue weighted by atomic mass is 9.98. The van der Waals surface area contributed by atoms with Crippen LogP contribution in [-0.2, 0) is 14.3 Å². The van der Waals surface area contributed by atoms with E-state index in [0.29, 0.717) is 6.54 Å². The van der Waals surface area contributed by atoms with E-state index in [1.54, 1.807) is 16.7 Å². The second kappa shape index (κ2) is 10.3. The molecule has 2 aromatic rings. The molecule has 186 valence electrons. The largest absolute Gasteiger partial charge is 0.446 e. The molecule has 1 saturated carbocycles. The Kier molecular flexibility index (Phi) is 6.95. The number of fused-ring (bicyclic) bond motifs is 1. The van der Waals surface area contributed by atoms with Crippen LogP contribution in [0.15, 0.2) is 42.5 Å². The van der Waals surface area contributed by atoms with Gasteiger partial charge in [-0.05, 0) is 68.0 Å². The predicted octanol–water partition coefficient (Wildman–Crippen LogP) is 5.22. The maximum atomic E-state index is 13.3. The molecule has 0 bridgehead atoms. The van der Waals surface area contributed by atoms with Gasteiger partial charge in [0.1, 0.15) is 6.10 Å². The van der Waals surface area contributed by atoms with Crippen LogP contribution in [0.3, 0.4) is 0 Å². The first-order valence-electron chi connectivity index (χ1n) is 12.9. The Labute approximate surface area is 207 Å². The molecule has 1 saturated heterocycles. The molecule has 3 aliphatic rings. The zero-order valence-electron chi connectivity index (χ0n) is 20.7. The van der Waals surface area contributed by atoms with Gasteiger partial charge in [-0.3, -0.25) is 9.69 Å². The summed E-state index contributed by atoms with van der Waals surface area (Å²) >= 11 is 0. The normalized spacial score (nSPS) is 21.0. The molecule has 2 aliphatic heterocycles. The quantitative estimate of drug-likeness (QED) is 0.607. The van der Waals surface area contributed by atoms with Gasteiger partial charge in [-0.15, -0.1) is 0 Å². The number of carbonyl (C=O) groups excluding carboxylic acids is 2. The van der Waals surface area contributed by atoms with Crippen molar-refractivity contribution in [1.29, 1.82) is 0 Å². The molecular formula is C28H35N3O4. The summed E-state index contributed by atoms with van der Waals surface area (Å²) in [5.74, 6) is -0.0262. The number of carbonyl (C=O) groups is 2. The summed E-state index contributed by atoms with van der Waals surface area (Å²) in [6, 6.07) is 14.4. The van der Waals surface area contributed by atoms with Crippen molar-refractivity contribution in [1.82, 2.24) is 0 Å². The van der Waals surface area contributed by atoms with Gasteiger partial charge in [-0.2, -0.15) is 0 Å². The van der Waals surface area contributed by atoms with E-state index in [0.717, 1.165) is 74.5 Å². The minimum absolute atomic E-state index is 0.0169. The molecule has 1 atom stereocenters. The number of morpholine rings is 1. The zero-order chi connectivity index (χ0) is 24.4. The number of benzene rings is 2. The van der Waals surface area contributed by atoms with Crippen molar-refractivity contribution in [2.24, 2.45) is 0 Å². The van der Waals surface area contributed by atoms with Gasteiger partial charge in [0.05, 0.1) is 30.6 Å². The molecule has 0 N–H and O–H groups in total. The maximum absolute atomic E-state index is 13.3. The summed E-state index contributed by atoms with van der Waals surface area (Å²) in [4.78, 5) is 31.6. The molecule has 1 unspecified atom stereocenters. The fourth-order valence-electron chi connectivity index (χ4n) is 5.53. The molecular weight excluding hydrogens is 442 g/mol. The predicted molar refractivity (Wildman–Crippen MR) is 138 cm³/mol. The van der Waals surface area contributed by atoms with E-state index in [2.05, 4.69) is 29.2 Å². The van der Waals surface area contributed by atoms with Crippen molar-refractivity contribution < 1.29 is 19.1 Å². The van der Waals surface area contributed by atoms with Crippen LogP contribution in [0.5, 0.6) is 0 Å². The Bertz CT molecular complexity index is 1060. The molecule has 0 spiro atoms. The number of anilines is 3. The molecule has 7 nitrogen and oxygen atoms in total. The molecule has 35 heavy (non-hydrogen) atoms. The standard InChI is InChI=1S/C28H35N3O4/c1-20-19-30(28(33)35-25-6-4-3-5-7-25)27-18-23(10-13-26(27)31(20)21(2)32)22-8-11-24(12-9-22)29-14-16-34-17-15-29/h8-13,18,20,25H,3-7,14-17,19H2,1-2H3. The summed E-state index contributed by atoms with van der Waals surface area (Å²) in [7, 11) is 0. The first kappa shape index (κ1) is 23.7. The summed E-state index contributed by atoms with van der Waals surface area (Å²) in [5, 5.41) is 0. The highest BCUT2D eigenvalue weighted by Gasteiger charge is 2.35. The van der Waals surface area contributed by atoms with E-state index in [9.17, 15) is 9.59 Å². The summed E-state index contributed by atoms with van der Waals surface area (Å²) in [5.41, 5.74) is 4.74. The van der Waals surface area contributed by atoms with E-state index in [4.69, 9.17) is 9.47 Å². The molecule has 2 amide bonds. The molecule has 0 aromatic heterocycles. The highest BCUT2D eigenvalue weighted by molar-refractivity contribution is 6.03. The lowest BCUT2D eigenvalue weighted by molar-refractivity contribution is -0.117. The minimum Gasteiger partial charge on any atom is -0.446 e. The fraction of sp³-hybridized carbons (Fsp3) is 0.500. The van der Waals surface area contributed by atoms with E-state index in [1.807, 2.05) is 25.1 Å². The molecule has 2 heterocycles. The first-order chi connectivity index (χ1) is 17.0. The molecule has 5 rings (SSSR count). The fourth-order valence-corrected chi connectivity index (χ4v) is 5.53. The van der Waals surface area contributed by atoms with Crippen molar-refractivity contribution in [2.45, 2.75) is 58.1 Å². The van der Waals surface area contributed by atoms with Gasteiger partial charge in [0.2, 0.25) is 5.91 Å². The smallest absolute Gasteiger partial charge is 0.414 e. The molecule has 2 fully saturated rings. The van der Waals surface area contributed by atoms with E-state index in [-0.39, 0.29) is 24.1 Å². The van der Waals surface area contributed by atoms with Crippen LogP contribution in [-0.4, -0.2) is 57.0 Å². The van der Waals surface area contributed by atoms with Gasteiger partial charge in [-0.25, -0.2) is 4.79 Å². The van der Waals surface area contributed by atoms with Crippen molar-refractivity contribution in [3.05, 3.63) is 42.5 Å². The summed E-state index contributed by atoms with van der Waals surface area (Å²) in [6.07, 6.45) is 4.94. The Morgan fingerprint density at radius 3 is 2.29 bits per heavy atom. The SMILES string of the molecule is CC(=O)N1c2ccc(-c3ccc(N4CCOCC4)cc3)cc2N(C(=O)OC2CCCCC2)CC1C. The number of nitrogens with zero attached hydrogens (tertiary/aromatic N) is 3. The van der Waals surface area contributed by atoms with E-state index >= 15 is 0 Å². The number of hydrogen-bond donors (Lipinski definition) is 0. The van der Waals surface area contributed by atoms with Crippen molar-refractivity contribution in [2.75, 3.05) is 47.5 Å². The van der Waals surface area contributed by atoms with E-state index in [1.165, 1.54) is 12.1 Å². The third-order valence-electron chi connectivity index (χ3n) is 7.37. The van der Waals surface area contributed by atoms with Crippen molar-refractivity contribution in [3.63, 3.8) is 0 Å². The Balaban J connectivity index is 1.44. The summed E-state index contributed by atoms with van der Waals surface area (Å²) in [6.45, 7) is 7.27. The molecule has 0 radical (unpaired) electrons. The van der Waals surface area contributed by atoms with Crippen LogP contribution in [0.1, 0.15) is 46.0 Å². The average Bonchev–Trinajstić information content (AvgIpc) is 2.89. The van der Waals surface area contributed by atoms with Gasteiger partial charge in [0.15, 0.2) is 0 Å². The van der Waals surface area contributed by atoms with E-state index < -0.39 is 0 Å². The summed E-state index contributed by atoms with van der Waals surface area (Å²) < 4.78 is 11.4. The van der Waals surface area contributed by atoms with Gasteiger partial charge in [0.25, 0.3) is 0 Å².